The Morgan fingerprint density at radius 3 is 1.67 bits per heavy atom. The first-order chi connectivity index (χ1) is 7.99. The third-order valence-electron chi connectivity index (χ3n) is 3.04. The molecule has 0 N–H and O–H groups in total. The number of halogens is 1. The minimum Gasteiger partial charge on any atom is -1.00 e. The number of unbranched alkanes of at least 4 members (excludes halogenated alkanes) is 5. The van der Waals surface area contributed by atoms with Gasteiger partial charge in [-0.25, -0.2) is 0 Å². The van der Waals surface area contributed by atoms with E-state index in [1.807, 2.05) is 0 Å². The summed E-state index contributed by atoms with van der Waals surface area (Å²) < 4.78 is 10.3. The van der Waals surface area contributed by atoms with Crippen molar-refractivity contribution in [2.45, 2.75) is 51.2 Å². The summed E-state index contributed by atoms with van der Waals surface area (Å²) in [5.74, 6) is 0. The summed E-state index contributed by atoms with van der Waals surface area (Å²) in [7, 11) is 2.89. The molecule has 0 unspecified atom stereocenters. The Kier molecular flexibility index (Phi) is 15.5. The average Bonchev–Trinajstić information content (AvgIpc) is 2.26. The van der Waals surface area contributed by atoms with Gasteiger partial charge < -0.3 is 33.5 Å². The quantitative estimate of drug-likeness (QED) is 0.229. The van der Waals surface area contributed by atoms with Crippen LogP contribution in [0.3, 0.4) is 0 Å². The van der Waals surface area contributed by atoms with Crippen LogP contribution >= 0.6 is 7.26 Å². The summed E-state index contributed by atoms with van der Waals surface area (Å²) in [5, 5.41) is 0. The summed E-state index contributed by atoms with van der Waals surface area (Å²) in [4.78, 5) is 0. The van der Waals surface area contributed by atoms with Crippen molar-refractivity contribution in [3.8, 4) is 0 Å². The fraction of sp³-hybridized carbons (Fsp3) is 1.00. The van der Waals surface area contributed by atoms with Gasteiger partial charge in [0.2, 0.25) is 0 Å². The second kappa shape index (κ2) is 13.1. The van der Waals surface area contributed by atoms with Crippen LogP contribution in [0.4, 0.5) is 0 Å². The maximum absolute atomic E-state index is 5.16. The topological polar surface area (TPSA) is 18.5 Å². The average molecular weight is 390 g/mol. The van der Waals surface area contributed by atoms with E-state index in [1.54, 1.807) is 14.2 Å². The summed E-state index contributed by atoms with van der Waals surface area (Å²) in [6, 6.07) is 0. The van der Waals surface area contributed by atoms with E-state index in [0.29, 0.717) is 0 Å². The van der Waals surface area contributed by atoms with Crippen molar-refractivity contribution in [2.75, 3.05) is 40.4 Å². The highest BCUT2D eigenvalue weighted by Crippen LogP contribution is 2.47. The van der Waals surface area contributed by atoms with E-state index in [4.69, 9.17) is 9.47 Å². The molecule has 0 heterocycles. The zero-order chi connectivity index (χ0) is 13.1. The standard InChI is InChI=1S/C14H32O2P.HI/c1-15-14(16-2)12-10-8-6-7-9-11-13-17(3,4)5;/h14H,6-13H2,1-5H3;1H/q+1;/p-1. The second-order valence-corrected chi connectivity index (χ2v) is 10.9. The largest absolute Gasteiger partial charge is 1.00 e. The molecule has 0 aromatic rings. The molecule has 0 amide bonds. The minimum absolute atomic E-state index is 0. The Morgan fingerprint density at radius 2 is 1.22 bits per heavy atom. The molecule has 0 saturated carbocycles. The van der Waals surface area contributed by atoms with Gasteiger partial charge in [0.05, 0.1) is 6.16 Å². The van der Waals surface area contributed by atoms with Gasteiger partial charge in [-0.2, -0.15) is 0 Å². The van der Waals surface area contributed by atoms with Crippen molar-refractivity contribution in [3.05, 3.63) is 0 Å². The molecule has 0 rings (SSSR count). The van der Waals surface area contributed by atoms with Crippen LogP contribution < -0.4 is 24.0 Å². The highest BCUT2D eigenvalue weighted by atomic mass is 127. The molecule has 18 heavy (non-hydrogen) atoms. The second-order valence-electron chi connectivity index (χ2n) is 5.82. The Bertz CT molecular complexity index is 168. The predicted molar refractivity (Wildman–Crippen MR) is 79.7 cm³/mol. The fourth-order valence-corrected chi connectivity index (χ4v) is 3.11. The first-order valence-corrected chi connectivity index (χ1v) is 10.2. The Balaban J connectivity index is 0. The van der Waals surface area contributed by atoms with Gasteiger partial charge in [0.1, 0.15) is 0 Å². The van der Waals surface area contributed by atoms with Crippen LogP contribution in [-0.2, 0) is 9.47 Å². The van der Waals surface area contributed by atoms with Crippen LogP contribution in [0.25, 0.3) is 0 Å². The van der Waals surface area contributed by atoms with Gasteiger partial charge in [-0.15, -0.1) is 0 Å². The molecular weight excluding hydrogens is 358 g/mol. The van der Waals surface area contributed by atoms with Gasteiger partial charge in [-0.1, -0.05) is 19.3 Å². The Hall–Kier alpha value is 1.08. The summed E-state index contributed by atoms with van der Waals surface area (Å²) in [5.41, 5.74) is 0. The number of rotatable bonds is 11. The van der Waals surface area contributed by atoms with E-state index in [-0.39, 0.29) is 30.3 Å². The van der Waals surface area contributed by atoms with E-state index in [2.05, 4.69) is 20.0 Å². The highest BCUT2D eigenvalue weighted by Gasteiger charge is 2.15. The maximum Gasteiger partial charge on any atom is 0.156 e. The molecule has 0 saturated heterocycles. The van der Waals surface area contributed by atoms with Crippen LogP contribution in [0.5, 0.6) is 0 Å². The molecule has 0 spiro atoms. The van der Waals surface area contributed by atoms with Crippen molar-refractivity contribution in [2.24, 2.45) is 0 Å². The summed E-state index contributed by atoms with van der Waals surface area (Å²) >= 11 is 0. The highest BCUT2D eigenvalue weighted by molar-refractivity contribution is 7.73. The van der Waals surface area contributed by atoms with Crippen LogP contribution in [-0.4, -0.2) is 46.7 Å². The van der Waals surface area contributed by atoms with Gasteiger partial charge in [0.15, 0.2) is 6.29 Å². The molecule has 0 atom stereocenters. The van der Waals surface area contributed by atoms with Crippen LogP contribution in [0, 0.1) is 0 Å². The minimum atomic E-state index is -0.532. The molecular formula is C14H32IO2P. The van der Waals surface area contributed by atoms with Gasteiger partial charge in [0.25, 0.3) is 0 Å². The molecule has 0 aliphatic rings. The smallest absolute Gasteiger partial charge is 0.156 e. The molecule has 0 bridgehead atoms. The Morgan fingerprint density at radius 1 is 0.778 bits per heavy atom. The Labute approximate surface area is 132 Å². The third kappa shape index (κ3) is 15.1. The number of hydrogen-bond acceptors (Lipinski definition) is 2. The number of hydrogen-bond donors (Lipinski definition) is 0. The number of methoxy groups -OCH3 is 2. The van der Waals surface area contributed by atoms with Crippen molar-refractivity contribution >= 4 is 7.26 Å². The maximum atomic E-state index is 5.16. The first-order valence-electron chi connectivity index (χ1n) is 6.85. The van der Waals surface area contributed by atoms with Crippen molar-refractivity contribution in [1.29, 1.82) is 0 Å². The van der Waals surface area contributed by atoms with Gasteiger partial charge >= 0.3 is 0 Å². The fourth-order valence-electron chi connectivity index (χ4n) is 1.94. The van der Waals surface area contributed by atoms with E-state index in [1.165, 1.54) is 44.7 Å². The molecule has 0 aliphatic heterocycles. The summed E-state index contributed by atoms with van der Waals surface area (Å²) in [6.45, 7) is 7.30. The van der Waals surface area contributed by atoms with E-state index in [0.717, 1.165) is 6.42 Å². The first kappa shape index (κ1) is 21.4. The molecule has 0 fully saturated rings. The lowest BCUT2D eigenvalue weighted by atomic mass is 10.1. The molecule has 2 nitrogen and oxygen atoms in total. The van der Waals surface area contributed by atoms with Crippen LogP contribution in [0.2, 0.25) is 0 Å². The third-order valence-corrected chi connectivity index (χ3v) is 4.70. The molecule has 0 radical (unpaired) electrons. The van der Waals surface area contributed by atoms with Gasteiger partial charge in [-0.05, 0) is 25.7 Å². The molecule has 0 aromatic heterocycles. The zero-order valence-corrected chi connectivity index (χ0v) is 15.9. The van der Waals surface area contributed by atoms with Crippen LogP contribution in [0.15, 0.2) is 0 Å². The summed E-state index contributed by atoms with van der Waals surface area (Å²) in [6.07, 6.45) is 10.6. The lowest BCUT2D eigenvalue weighted by Crippen LogP contribution is -3.00. The molecule has 0 aromatic carbocycles. The van der Waals surface area contributed by atoms with Crippen LogP contribution in [0.1, 0.15) is 44.9 Å². The van der Waals surface area contributed by atoms with Crippen molar-refractivity contribution in [3.63, 3.8) is 0 Å². The van der Waals surface area contributed by atoms with Crippen molar-refractivity contribution < 1.29 is 33.5 Å². The van der Waals surface area contributed by atoms with Crippen molar-refractivity contribution in [1.82, 2.24) is 0 Å². The SMILES string of the molecule is COC(CCCCCCCC[P+](C)(C)C)OC.[I-]. The normalized spacial score (nSPS) is 11.7. The zero-order valence-electron chi connectivity index (χ0n) is 12.9. The molecule has 0 aliphatic carbocycles. The van der Waals surface area contributed by atoms with E-state index in [9.17, 15) is 0 Å². The molecule has 4 heteroatoms. The predicted octanol–water partition coefficient (Wildman–Crippen LogP) is 1.25. The molecule has 112 valence electrons. The van der Waals surface area contributed by atoms with E-state index >= 15 is 0 Å². The van der Waals surface area contributed by atoms with Gasteiger partial charge in [-0.3, -0.25) is 0 Å². The lowest BCUT2D eigenvalue weighted by molar-refractivity contribution is -0.107. The van der Waals surface area contributed by atoms with E-state index < -0.39 is 7.26 Å². The lowest BCUT2D eigenvalue weighted by Gasteiger charge is -2.13. The number of ether oxygens (including phenoxy) is 2. The van der Waals surface area contributed by atoms with Gasteiger partial charge in [0, 0.05) is 41.5 Å². The monoisotopic (exact) mass is 390 g/mol.